The molecule has 1 aliphatic heterocycles. The highest BCUT2D eigenvalue weighted by molar-refractivity contribution is 6.00. The molecule has 1 aliphatic carbocycles. The van der Waals surface area contributed by atoms with Gasteiger partial charge in [-0.1, -0.05) is 61.7 Å². The number of carbonyl (C=O) groups is 1. The third-order valence-electron chi connectivity index (χ3n) is 7.14. The summed E-state index contributed by atoms with van der Waals surface area (Å²) in [7, 11) is 0. The van der Waals surface area contributed by atoms with Gasteiger partial charge in [0.05, 0.1) is 6.61 Å². The third kappa shape index (κ3) is 6.55. The van der Waals surface area contributed by atoms with Gasteiger partial charge in [0.2, 0.25) is 5.90 Å². The Bertz CT molecular complexity index is 1030. The van der Waals surface area contributed by atoms with E-state index in [9.17, 15) is 4.79 Å². The summed E-state index contributed by atoms with van der Waals surface area (Å²) >= 11 is 0. The van der Waals surface area contributed by atoms with Crippen LogP contribution >= 0.6 is 0 Å². The first-order valence-electron chi connectivity index (χ1n) is 13.2. The Morgan fingerprint density at radius 2 is 1.89 bits per heavy atom. The molecule has 0 saturated heterocycles. The number of amides is 1. The van der Waals surface area contributed by atoms with Gasteiger partial charge in [0.25, 0.3) is 5.91 Å². The normalized spacial score (nSPS) is 22.3. The van der Waals surface area contributed by atoms with E-state index in [0.29, 0.717) is 37.8 Å². The number of aliphatic hydroxyl groups is 1. The van der Waals surface area contributed by atoms with Crippen molar-refractivity contribution in [2.45, 2.75) is 63.5 Å². The van der Waals surface area contributed by atoms with Crippen LogP contribution in [0, 0.1) is 5.92 Å². The summed E-state index contributed by atoms with van der Waals surface area (Å²) in [5.41, 5.74) is 0.874. The zero-order chi connectivity index (χ0) is 25.2. The van der Waals surface area contributed by atoms with Crippen LogP contribution in [0.15, 0.2) is 65.7 Å². The molecule has 0 radical (unpaired) electrons. The minimum Gasteiger partial charge on any atom is -0.494 e. The maximum absolute atomic E-state index is 13.7. The molecule has 4 rings (SSSR count). The van der Waals surface area contributed by atoms with Gasteiger partial charge in [0.1, 0.15) is 11.9 Å². The smallest absolute Gasteiger partial charge is 0.252 e. The second kappa shape index (κ2) is 12.7. The van der Waals surface area contributed by atoms with Gasteiger partial charge in [-0.05, 0) is 55.5 Å². The van der Waals surface area contributed by atoms with Crippen molar-refractivity contribution >= 4 is 17.9 Å². The molecule has 0 bridgehead atoms. The van der Waals surface area contributed by atoms with Gasteiger partial charge in [0.15, 0.2) is 5.54 Å². The number of nitrogens with one attached hydrogen (secondary N) is 1. The number of carbonyl (C=O) groups excluding carboxylic acids is 1. The number of hydrogen-bond acceptors (Lipinski definition) is 5. The highest BCUT2D eigenvalue weighted by Crippen LogP contribution is 2.33. The Labute approximate surface area is 214 Å². The van der Waals surface area contributed by atoms with E-state index in [2.05, 4.69) is 5.32 Å². The van der Waals surface area contributed by atoms with E-state index in [1.54, 1.807) is 0 Å². The molecule has 0 unspecified atom stereocenters. The van der Waals surface area contributed by atoms with Crippen LogP contribution in [-0.4, -0.2) is 48.3 Å². The molecule has 0 spiro atoms. The van der Waals surface area contributed by atoms with E-state index in [4.69, 9.17) is 19.6 Å². The number of benzene rings is 2. The van der Waals surface area contributed by atoms with Crippen LogP contribution in [0.5, 0.6) is 5.75 Å². The van der Waals surface area contributed by atoms with E-state index < -0.39 is 11.6 Å². The summed E-state index contributed by atoms with van der Waals surface area (Å²) in [6, 6.07) is 17.6. The van der Waals surface area contributed by atoms with Crippen LogP contribution in [0.25, 0.3) is 6.08 Å². The number of hydrogen-bond donors (Lipinski definition) is 2. The van der Waals surface area contributed by atoms with Crippen molar-refractivity contribution in [2.75, 3.05) is 19.8 Å². The minimum absolute atomic E-state index is 0.0720. The van der Waals surface area contributed by atoms with Crippen molar-refractivity contribution in [3.63, 3.8) is 0 Å². The molecule has 6 nitrogen and oxygen atoms in total. The first kappa shape index (κ1) is 26.0. The van der Waals surface area contributed by atoms with Crippen LogP contribution in [0.2, 0.25) is 0 Å². The van der Waals surface area contributed by atoms with Crippen LogP contribution in [-0.2, 0) is 9.53 Å². The number of aliphatic hydroxyl groups excluding tert-OH is 1. The van der Waals surface area contributed by atoms with Gasteiger partial charge >= 0.3 is 0 Å². The Morgan fingerprint density at radius 3 is 2.61 bits per heavy atom. The topological polar surface area (TPSA) is 80.2 Å². The summed E-state index contributed by atoms with van der Waals surface area (Å²) in [5.74, 6) is 1.67. The molecule has 2 atom stereocenters. The van der Waals surface area contributed by atoms with Crippen molar-refractivity contribution in [2.24, 2.45) is 10.9 Å². The SMILES string of the molecule is C[C@H]1OC(c2ccc(OCCCO)cc2)=N[C@@]1(C/C=C/c1ccccc1)C(=O)NCC1CCCCC1. The Morgan fingerprint density at radius 1 is 1.14 bits per heavy atom. The second-order valence-electron chi connectivity index (χ2n) is 9.78. The van der Waals surface area contributed by atoms with Gasteiger partial charge in [-0.3, -0.25) is 4.79 Å². The van der Waals surface area contributed by atoms with Crippen molar-refractivity contribution in [1.82, 2.24) is 5.32 Å². The Kier molecular flexibility index (Phi) is 9.17. The average Bonchev–Trinajstić information content (AvgIpc) is 3.26. The maximum Gasteiger partial charge on any atom is 0.252 e. The van der Waals surface area contributed by atoms with Gasteiger partial charge in [-0.15, -0.1) is 0 Å². The van der Waals surface area contributed by atoms with E-state index in [-0.39, 0.29) is 12.5 Å². The lowest BCUT2D eigenvalue weighted by molar-refractivity contribution is -0.128. The largest absolute Gasteiger partial charge is 0.494 e. The Balaban J connectivity index is 1.53. The lowest BCUT2D eigenvalue weighted by Gasteiger charge is -2.29. The maximum atomic E-state index is 13.7. The van der Waals surface area contributed by atoms with E-state index in [0.717, 1.165) is 16.9 Å². The lowest BCUT2D eigenvalue weighted by atomic mass is 9.87. The van der Waals surface area contributed by atoms with Crippen LogP contribution in [0.1, 0.15) is 63.0 Å². The lowest BCUT2D eigenvalue weighted by Crippen LogP contribution is -2.51. The molecule has 0 aromatic heterocycles. The summed E-state index contributed by atoms with van der Waals surface area (Å²) in [6.45, 7) is 3.19. The fourth-order valence-electron chi connectivity index (χ4n) is 4.90. The van der Waals surface area contributed by atoms with Gasteiger partial charge in [-0.2, -0.15) is 0 Å². The molecule has 1 fully saturated rings. The highest BCUT2D eigenvalue weighted by Gasteiger charge is 2.49. The fraction of sp³-hybridized carbons (Fsp3) is 0.467. The molecule has 2 aliphatic rings. The molecule has 2 aromatic carbocycles. The summed E-state index contributed by atoms with van der Waals surface area (Å²) < 4.78 is 11.8. The van der Waals surface area contributed by atoms with Gasteiger partial charge in [0, 0.05) is 31.6 Å². The number of nitrogens with zero attached hydrogens (tertiary/aromatic N) is 1. The molecule has 1 saturated carbocycles. The third-order valence-corrected chi connectivity index (χ3v) is 7.14. The van der Waals surface area contributed by atoms with Crippen molar-refractivity contribution in [1.29, 1.82) is 0 Å². The van der Waals surface area contributed by atoms with Crippen molar-refractivity contribution < 1.29 is 19.4 Å². The fourth-order valence-corrected chi connectivity index (χ4v) is 4.90. The quantitative estimate of drug-likeness (QED) is 0.427. The standard InChI is InChI=1S/C30H38N2O4/c1-23-30(19-8-14-24-10-4-2-5-11-24,29(34)31-22-25-12-6-3-7-13-25)32-28(36-23)26-15-17-27(18-16-26)35-21-9-20-33/h2,4-5,8,10-11,14-18,23,25,33H,3,6-7,9,12-13,19-22H2,1H3,(H,31,34)/b14-8+/t23-,30-/m1/s1. The summed E-state index contributed by atoms with van der Waals surface area (Å²) in [4.78, 5) is 18.6. The number of aliphatic imine (C=N–C) groups is 1. The number of ether oxygens (including phenoxy) is 2. The Hall–Kier alpha value is -3.12. The van der Waals surface area contributed by atoms with Crippen LogP contribution in [0.4, 0.5) is 0 Å². The number of rotatable bonds is 11. The molecule has 6 heteroatoms. The van der Waals surface area contributed by atoms with E-state index in [1.165, 1.54) is 32.1 Å². The van der Waals surface area contributed by atoms with Gasteiger partial charge in [-0.25, -0.2) is 4.99 Å². The molecule has 192 valence electrons. The summed E-state index contributed by atoms with van der Waals surface area (Å²) in [5, 5.41) is 12.2. The molecule has 2 aromatic rings. The second-order valence-corrected chi connectivity index (χ2v) is 9.78. The molecule has 36 heavy (non-hydrogen) atoms. The predicted molar refractivity (Wildman–Crippen MR) is 143 cm³/mol. The molecule has 1 heterocycles. The van der Waals surface area contributed by atoms with Crippen molar-refractivity contribution in [3.8, 4) is 5.75 Å². The first-order chi connectivity index (χ1) is 17.6. The predicted octanol–water partition coefficient (Wildman–Crippen LogP) is 5.15. The summed E-state index contributed by atoms with van der Waals surface area (Å²) in [6.07, 6.45) is 10.8. The van der Waals surface area contributed by atoms with E-state index >= 15 is 0 Å². The highest BCUT2D eigenvalue weighted by atomic mass is 16.5. The van der Waals surface area contributed by atoms with E-state index in [1.807, 2.05) is 73.7 Å². The monoisotopic (exact) mass is 490 g/mol. The first-order valence-corrected chi connectivity index (χ1v) is 13.2. The molecular formula is C30H38N2O4. The van der Waals surface area contributed by atoms with Crippen LogP contribution in [0.3, 0.4) is 0 Å². The average molecular weight is 491 g/mol. The minimum atomic E-state index is -1.02. The van der Waals surface area contributed by atoms with Crippen LogP contribution < -0.4 is 10.1 Å². The zero-order valence-electron chi connectivity index (χ0n) is 21.2. The van der Waals surface area contributed by atoms with Crippen molar-refractivity contribution in [3.05, 3.63) is 71.8 Å². The van der Waals surface area contributed by atoms with Gasteiger partial charge < -0.3 is 19.9 Å². The molecular weight excluding hydrogens is 452 g/mol. The molecule has 1 amide bonds. The zero-order valence-corrected chi connectivity index (χ0v) is 21.2. The molecule has 2 N–H and O–H groups in total.